The quantitative estimate of drug-likeness (QED) is 0.832. The lowest BCUT2D eigenvalue weighted by Gasteiger charge is -2.02. The van der Waals surface area contributed by atoms with Crippen molar-refractivity contribution in [2.45, 2.75) is 18.2 Å². The van der Waals surface area contributed by atoms with Crippen molar-refractivity contribution in [2.75, 3.05) is 11.1 Å². The molecule has 106 valence electrons. The molecular formula is C12H12F2N4OS. The topological polar surface area (TPSA) is 70.7 Å². The van der Waals surface area contributed by atoms with Crippen LogP contribution in [0.25, 0.3) is 0 Å². The summed E-state index contributed by atoms with van der Waals surface area (Å²) in [6.45, 7) is 1.72. The van der Waals surface area contributed by atoms with E-state index in [0.29, 0.717) is 16.5 Å². The Morgan fingerprint density at radius 2 is 2.20 bits per heavy atom. The maximum absolute atomic E-state index is 13.0. The van der Waals surface area contributed by atoms with Gasteiger partial charge in [0.2, 0.25) is 11.9 Å². The van der Waals surface area contributed by atoms with Crippen LogP contribution in [-0.2, 0) is 4.79 Å². The summed E-state index contributed by atoms with van der Waals surface area (Å²) in [4.78, 5) is 16.1. The molecule has 0 aliphatic rings. The van der Waals surface area contributed by atoms with Crippen LogP contribution in [0.1, 0.15) is 12.2 Å². The number of nitrogens with one attached hydrogen (secondary N) is 2. The first kappa shape index (κ1) is 14.4. The second kappa shape index (κ2) is 6.47. The van der Waals surface area contributed by atoms with Crippen molar-refractivity contribution in [1.82, 2.24) is 15.2 Å². The zero-order valence-electron chi connectivity index (χ0n) is 10.6. The van der Waals surface area contributed by atoms with Crippen LogP contribution in [0.4, 0.5) is 14.7 Å². The van der Waals surface area contributed by atoms with E-state index in [9.17, 15) is 13.6 Å². The van der Waals surface area contributed by atoms with Gasteiger partial charge in [-0.15, -0.1) is 16.9 Å². The molecule has 2 rings (SSSR count). The van der Waals surface area contributed by atoms with Crippen LogP contribution in [0.2, 0.25) is 0 Å². The van der Waals surface area contributed by atoms with Crippen molar-refractivity contribution < 1.29 is 13.6 Å². The fourth-order valence-corrected chi connectivity index (χ4v) is 2.29. The Bertz CT molecular complexity index is 617. The summed E-state index contributed by atoms with van der Waals surface area (Å²) in [5.41, 5.74) is 0. The predicted octanol–water partition coefficient (Wildman–Crippen LogP) is 2.51. The van der Waals surface area contributed by atoms with Gasteiger partial charge in [-0.05, 0) is 25.1 Å². The van der Waals surface area contributed by atoms with Gasteiger partial charge in [0, 0.05) is 17.1 Å². The molecule has 0 spiro atoms. The van der Waals surface area contributed by atoms with Crippen LogP contribution in [0.5, 0.6) is 0 Å². The highest BCUT2D eigenvalue weighted by Crippen LogP contribution is 2.21. The standard InChI is InChI=1S/C12H12F2N4OS/c1-7-15-12(18-17-7)16-11(19)4-5-20-8-2-3-9(13)10(14)6-8/h2-3,6H,4-5H2,1H3,(H2,15,16,17,18,19). The van der Waals surface area contributed by atoms with Gasteiger partial charge in [-0.3, -0.25) is 15.2 Å². The van der Waals surface area contributed by atoms with Crippen molar-refractivity contribution in [3.63, 3.8) is 0 Å². The minimum Gasteiger partial charge on any atom is -0.293 e. The van der Waals surface area contributed by atoms with Crippen LogP contribution >= 0.6 is 11.8 Å². The largest absolute Gasteiger partial charge is 0.293 e. The highest BCUT2D eigenvalue weighted by atomic mass is 32.2. The number of aromatic amines is 1. The summed E-state index contributed by atoms with van der Waals surface area (Å²) in [6, 6.07) is 3.64. The van der Waals surface area contributed by atoms with E-state index in [1.54, 1.807) is 6.92 Å². The van der Waals surface area contributed by atoms with Gasteiger partial charge in [0.05, 0.1) is 0 Å². The number of halogens is 2. The minimum absolute atomic E-state index is 0.219. The summed E-state index contributed by atoms with van der Waals surface area (Å²) >= 11 is 1.27. The lowest BCUT2D eigenvalue weighted by Crippen LogP contribution is -2.13. The summed E-state index contributed by atoms with van der Waals surface area (Å²) in [6.07, 6.45) is 0.219. The molecule has 1 aromatic heterocycles. The molecule has 0 saturated heterocycles. The molecule has 2 aromatic rings. The Labute approximate surface area is 118 Å². The molecule has 0 saturated carbocycles. The highest BCUT2D eigenvalue weighted by molar-refractivity contribution is 7.99. The molecule has 20 heavy (non-hydrogen) atoms. The number of hydrogen-bond acceptors (Lipinski definition) is 4. The number of H-pyrrole nitrogens is 1. The molecule has 1 aromatic carbocycles. The van der Waals surface area contributed by atoms with Crippen molar-refractivity contribution >= 4 is 23.6 Å². The summed E-state index contributed by atoms with van der Waals surface area (Å²) in [5.74, 6) is -0.732. The summed E-state index contributed by atoms with van der Waals surface area (Å²) < 4.78 is 25.7. The van der Waals surface area contributed by atoms with Crippen molar-refractivity contribution in [3.8, 4) is 0 Å². The van der Waals surface area contributed by atoms with Crippen LogP contribution < -0.4 is 5.32 Å². The van der Waals surface area contributed by atoms with Gasteiger partial charge in [-0.2, -0.15) is 4.98 Å². The molecule has 5 nitrogen and oxygen atoms in total. The van der Waals surface area contributed by atoms with E-state index in [4.69, 9.17) is 0 Å². The van der Waals surface area contributed by atoms with Gasteiger partial charge in [0.1, 0.15) is 5.82 Å². The number of aryl methyl sites for hydroxylation is 1. The number of amides is 1. The van der Waals surface area contributed by atoms with E-state index in [1.807, 2.05) is 0 Å². The maximum atomic E-state index is 13.0. The van der Waals surface area contributed by atoms with Gasteiger partial charge in [-0.1, -0.05) is 0 Å². The molecule has 1 heterocycles. The van der Waals surface area contributed by atoms with Crippen molar-refractivity contribution in [3.05, 3.63) is 35.7 Å². The number of benzene rings is 1. The van der Waals surface area contributed by atoms with Gasteiger partial charge in [0.25, 0.3) is 0 Å². The van der Waals surface area contributed by atoms with E-state index in [0.717, 1.165) is 12.1 Å². The molecule has 0 aliphatic carbocycles. The number of carbonyl (C=O) groups excluding carboxylic acids is 1. The number of nitrogens with zero attached hydrogens (tertiary/aromatic N) is 2. The summed E-state index contributed by atoms with van der Waals surface area (Å²) in [5, 5.41) is 8.92. The van der Waals surface area contributed by atoms with Gasteiger partial charge < -0.3 is 0 Å². The van der Waals surface area contributed by atoms with E-state index in [2.05, 4.69) is 20.5 Å². The fourth-order valence-electron chi connectivity index (χ4n) is 1.41. The first-order valence-corrected chi connectivity index (χ1v) is 6.80. The molecule has 1 amide bonds. The Kier molecular flexibility index (Phi) is 4.67. The minimum atomic E-state index is -0.893. The lowest BCUT2D eigenvalue weighted by atomic mass is 10.3. The Morgan fingerprint density at radius 1 is 1.40 bits per heavy atom. The molecule has 8 heteroatoms. The predicted molar refractivity (Wildman–Crippen MR) is 71.4 cm³/mol. The average molecular weight is 298 g/mol. The number of aromatic nitrogens is 3. The van der Waals surface area contributed by atoms with Crippen molar-refractivity contribution in [2.24, 2.45) is 0 Å². The normalized spacial score (nSPS) is 10.6. The van der Waals surface area contributed by atoms with Crippen LogP contribution in [0.3, 0.4) is 0 Å². The average Bonchev–Trinajstić information content (AvgIpc) is 2.79. The Balaban J connectivity index is 1.77. The number of rotatable bonds is 5. The zero-order chi connectivity index (χ0) is 14.5. The molecule has 2 N–H and O–H groups in total. The van der Waals surface area contributed by atoms with E-state index >= 15 is 0 Å². The Morgan fingerprint density at radius 3 is 2.85 bits per heavy atom. The summed E-state index contributed by atoms with van der Waals surface area (Å²) in [7, 11) is 0. The second-order valence-electron chi connectivity index (χ2n) is 3.97. The third-order valence-electron chi connectivity index (χ3n) is 2.34. The smallest absolute Gasteiger partial charge is 0.248 e. The second-order valence-corrected chi connectivity index (χ2v) is 5.14. The molecule has 0 atom stereocenters. The molecule has 0 unspecified atom stereocenters. The third kappa shape index (κ3) is 4.02. The number of carbonyl (C=O) groups is 1. The molecule has 0 aliphatic heterocycles. The first-order chi connectivity index (χ1) is 9.54. The van der Waals surface area contributed by atoms with Gasteiger partial charge >= 0.3 is 0 Å². The van der Waals surface area contributed by atoms with Crippen LogP contribution in [0.15, 0.2) is 23.1 Å². The van der Waals surface area contributed by atoms with Gasteiger partial charge in [-0.25, -0.2) is 8.78 Å². The Hall–Kier alpha value is -1.96. The number of hydrogen-bond donors (Lipinski definition) is 2. The monoisotopic (exact) mass is 298 g/mol. The van der Waals surface area contributed by atoms with Crippen LogP contribution in [0, 0.1) is 18.6 Å². The molecular weight excluding hydrogens is 286 g/mol. The molecule has 0 radical (unpaired) electrons. The third-order valence-corrected chi connectivity index (χ3v) is 3.33. The van der Waals surface area contributed by atoms with Crippen LogP contribution in [-0.4, -0.2) is 26.8 Å². The molecule has 0 fully saturated rings. The van der Waals surface area contributed by atoms with E-state index in [-0.39, 0.29) is 18.3 Å². The highest BCUT2D eigenvalue weighted by Gasteiger charge is 2.07. The van der Waals surface area contributed by atoms with Gasteiger partial charge in [0.15, 0.2) is 11.6 Å². The zero-order valence-corrected chi connectivity index (χ0v) is 11.4. The fraction of sp³-hybridized carbons (Fsp3) is 0.250. The SMILES string of the molecule is Cc1nc(NC(=O)CCSc2ccc(F)c(F)c2)n[nH]1. The van der Waals surface area contributed by atoms with E-state index in [1.165, 1.54) is 17.8 Å². The number of anilines is 1. The maximum Gasteiger partial charge on any atom is 0.248 e. The van der Waals surface area contributed by atoms with E-state index < -0.39 is 11.6 Å². The molecule has 0 bridgehead atoms. The lowest BCUT2D eigenvalue weighted by molar-refractivity contribution is -0.115. The first-order valence-electron chi connectivity index (χ1n) is 5.81. The number of thioether (sulfide) groups is 1. The van der Waals surface area contributed by atoms with Crippen molar-refractivity contribution in [1.29, 1.82) is 0 Å².